The number of halogens is 4. The summed E-state index contributed by atoms with van der Waals surface area (Å²) in [6.45, 7) is -0.845. The molecule has 0 radical (unpaired) electrons. The van der Waals surface area contributed by atoms with Crippen LogP contribution in [0.4, 0.5) is 26.0 Å². The number of aromatic nitrogens is 3. The molecule has 0 bridgehead atoms. The highest BCUT2D eigenvalue weighted by Crippen LogP contribution is 2.45. The predicted octanol–water partition coefficient (Wildman–Crippen LogP) is 4.60. The van der Waals surface area contributed by atoms with E-state index in [1.54, 1.807) is 25.2 Å². The van der Waals surface area contributed by atoms with Crippen LogP contribution in [-0.2, 0) is 7.05 Å². The highest BCUT2D eigenvalue weighted by molar-refractivity contribution is 6.33. The molecular formula is C20H17Cl2F2N5O2. The molecule has 0 amide bonds. The van der Waals surface area contributed by atoms with Gasteiger partial charge < -0.3 is 19.9 Å². The minimum absolute atomic E-state index is 0.0218. The number of benzene rings is 1. The second-order valence-corrected chi connectivity index (χ2v) is 8.52. The van der Waals surface area contributed by atoms with Gasteiger partial charge in [0.15, 0.2) is 12.4 Å². The number of alkyl halides is 2. The molecule has 2 aliphatic rings. The Bertz CT molecular complexity index is 1260. The van der Waals surface area contributed by atoms with Crippen LogP contribution in [0.2, 0.25) is 10.3 Å². The van der Waals surface area contributed by atoms with Gasteiger partial charge in [0, 0.05) is 18.1 Å². The highest BCUT2D eigenvalue weighted by Gasteiger charge is 2.51. The molecule has 1 aromatic carbocycles. The third kappa shape index (κ3) is 3.55. The van der Waals surface area contributed by atoms with Crippen molar-refractivity contribution in [2.45, 2.75) is 24.8 Å². The average Bonchev–Trinajstić information content (AvgIpc) is 3.56. The van der Waals surface area contributed by atoms with Gasteiger partial charge in [-0.2, -0.15) is 4.98 Å². The number of fused-ring (bicyclic) bond motifs is 3. The van der Waals surface area contributed by atoms with E-state index >= 15 is 0 Å². The average molecular weight is 468 g/mol. The molecule has 1 aliphatic heterocycles. The van der Waals surface area contributed by atoms with Crippen LogP contribution in [0.15, 0.2) is 29.2 Å². The number of hydrogen-bond acceptors (Lipinski definition) is 6. The Kier molecular flexibility index (Phi) is 4.71. The van der Waals surface area contributed by atoms with E-state index in [0.717, 1.165) is 0 Å². The van der Waals surface area contributed by atoms with Crippen LogP contribution in [0.1, 0.15) is 12.8 Å². The van der Waals surface area contributed by atoms with Crippen LogP contribution >= 0.6 is 23.2 Å². The lowest BCUT2D eigenvalue weighted by Crippen LogP contribution is -2.44. The topological polar surface area (TPSA) is 81.1 Å². The van der Waals surface area contributed by atoms with Crippen LogP contribution in [0.25, 0.3) is 10.9 Å². The molecule has 0 unspecified atom stereocenters. The quantitative estimate of drug-likeness (QED) is 0.548. The van der Waals surface area contributed by atoms with Gasteiger partial charge in [-0.25, -0.2) is 13.8 Å². The van der Waals surface area contributed by atoms with Crippen LogP contribution < -0.4 is 20.9 Å². The fraction of sp³-hybridized carbons (Fsp3) is 0.350. The number of anilines is 3. The predicted molar refractivity (Wildman–Crippen MR) is 115 cm³/mol. The first-order valence-electron chi connectivity index (χ1n) is 9.63. The first-order valence-corrected chi connectivity index (χ1v) is 10.4. The van der Waals surface area contributed by atoms with Crippen molar-refractivity contribution in [1.82, 2.24) is 14.5 Å². The zero-order chi connectivity index (χ0) is 21.9. The number of hydrogen-bond donors (Lipinski definition) is 2. The van der Waals surface area contributed by atoms with Crippen molar-refractivity contribution in [3.05, 3.63) is 45.1 Å². The Labute approximate surface area is 185 Å². The summed E-state index contributed by atoms with van der Waals surface area (Å²) in [5.41, 5.74) is 0.930. The zero-order valence-corrected chi connectivity index (χ0v) is 17.8. The summed E-state index contributed by atoms with van der Waals surface area (Å²) in [5.74, 6) is -3.08. The third-order valence-electron chi connectivity index (χ3n) is 5.59. The van der Waals surface area contributed by atoms with Gasteiger partial charge in [0.05, 0.1) is 23.4 Å². The third-order valence-corrected chi connectivity index (χ3v) is 6.05. The monoisotopic (exact) mass is 467 g/mol. The number of ether oxygens (including phenoxy) is 1. The fourth-order valence-electron chi connectivity index (χ4n) is 3.86. The van der Waals surface area contributed by atoms with Gasteiger partial charge in [0.1, 0.15) is 5.02 Å². The van der Waals surface area contributed by atoms with Crippen molar-refractivity contribution >= 4 is 51.3 Å². The molecule has 0 spiro atoms. The lowest BCUT2D eigenvalue weighted by Gasteiger charge is -2.25. The summed E-state index contributed by atoms with van der Waals surface area (Å²) in [5, 5.41) is 6.84. The molecule has 2 N–H and O–H groups in total. The second kappa shape index (κ2) is 7.20. The molecule has 1 aliphatic carbocycles. The van der Waals surface area contributed by atoms with Gasteiger partial charge >= 0.3 is 5.92 Å². The van der Waals surface area contributed by atoms with E-state index in [2.05, 4.69) is 20.6 Å². The summed E-state index contributed by atoms with van der Waals surface area (Å²) >= 11 is 12.0. The SMILES string of the molecule is Cn1c(=O)c2c(c3cc(Nc4nc(Cl)ncc4Cl)ccc31)N[C@@H](C1CC1)C(F)(F)CO2. The molecule has 162 valence electrons. The molecule has 5 rings (SSSR count). The zero-order valence-electron chi connectivity index (χ0n) is 16.3. The maximum atomic E-state index is 14.7. The van der Waals surface area contributed by atoms with E-state index in [0.29, 0.717) is 35.2 Å². The van der Waals surface area contributed by atoms with Crippen molar-refractivity contribution in [3.63, 3.8) is 0 Å². The summed E-state index contributed by atoms with van der Waals surface area (Å²) in [4.78, 5) is 20.7. The maximum Gasteiger partial charge on any atom is 0.301 e. The van der Waals surface area contributed by atoms with Crippen molar-refractivity contribution in [1.29, 1.82) is 0 Å². The van der Waals surface area contributed by atoms with Crippen LogP contribution in [0.5, 0.6) is 5.75 Å². The lowest BCUT2D eigenvalue weighted by atomic mass is 10.0. The molecule has 11 heteroatoms. The minimum Gasteiger partial charge on any atom is -0.480 e. The summed E-state index contributed by atoms with van der Waals surface area (Å²) in [7, 11) is 1.57. The van der Waals surface area contributed by atoms with Gasteiger partial charge in [-0.15, -0.1) is 0 Å². The summed E-state index contributed by atoms with van der Waals surface area (Å²) in [6.07, 6.45) is 2.80. The molecule has 1 fully saturated rings. The number of rotatable bonds is 3. The van der Waals surface area contributed by atoms with E-state index in [1.807, 2.05) is 0 Å². The van der Waals surface area contributed by atoms with Gasteiger partial charge in [-0.3, -0.25) is 4.79 Å². The van der Waals surface area contributed by atoms with E-state index in [4.69, 9.17) is 27.9 Å². The van der Waals surface area contributed by atoms with E-state index in [9.17, 15) is 13.6 Å². The highest BCUT2D eigenvalue weighted by atomic mass is 35.5. The fourth-order valence-corrected chi connectivity index (χ4v) is 4.13. The smallest absolute Gasteiger partial charge is 0.301 e. The normalized spacial score (nSPS) is 19.8. The minimum atomic E-state index is -3.10. The summed E-state index contributed by atoms with van der Waals surface area (Å²) in [6, 6.07) is 4.07. The molecule has 3 heterocycles. The van der Waals surface area contributed by atoms with E-state index in [1.165, 1.54) is 10.8 Å². The molecule has 1 atom stereocenters. The molecule has 31 heavy (non-hydrogen) atoms. The molecule has 2 aromatic heterocycles. The molecule has 1 saturated carbocycles. The van der Waals surface area contributed by atoms with Gasteiger partial charge in [0.2, 0.25) is 11.0 Å². The Balaban J connectivity index is 1.65. The maximum absolute atomic E-state index is 14.7. The molecule has 0 saturated heterocycles. The van der Waals surface area contributed by atoms with Crippen molar-refractivity contribution < 1.29 is 13.5 Å². The van der Waals surface area contributed by atoms with Gasteiger partial charge in [0.25, 0.3) is 5.56 Å². The van der Waals surface area contributed by atoms with Gasteiger partial charge in [-0.1, -0.05) is 11.6 Å². The Morgan fingerprint density at radius 1 is 1.32 bits per heavy atom. The Hall–Kier alpha value is -2.65. The molecule has 7 nitrogen and oxygen atoms in total. The lowest BCUT2D eigenvalue weighted by molar-refractivity contribution is -0.0579. The van der Waals surface area contributed by atoms with E-state index in [-0.39, 0.29) is 27.7 Å². The molecular weight excluding hydrogens is 451 g/mol. The van der Waals surface area contributed by atoms with Crippen molar-refractivity contribution in [2.75, 3.05) is 17.2 Å². The second-order valence-electron chi connectivity index (χ2n) is 7.77. The number of nitrogens with one attached hydrogen (secondary N) is 2. The molecule has 3 aromatic rings. The van der Waals surface area contributed by atoms with Crippen LogP contribution in [-0.4, -0.2) is 33.1 Å². The van der Waals surface area contributed by atoms with Gasteiger partial charge in [-0.05, 0) is 48.6 Å². The van der Waals surface area contributed by atoms with Crippen LogP contribution in [0.3, 0.4) is 0 Å². The number of pyridine rings is 1. The standard InChI is InChI=1S/C20H17Cl2F2N5O2/c1-29-13-5-4-10(26-17-12(21)7-25-19(22)28-17)6-11(13)14-15(18(29)30)31-8-20(23,24)16(27-14)9-2-3-9/h4-7,9,16,27H,2-3,8H2,1H3,(H,25,26,28)/t16-/m0/s1. The number of aryl methyl sites for hydroxylation is 1. The van der Waals surface area contributed by atoms with Crippen molar-refractivity contribution in [2.24, 2.45) is 13.0 Å². The summed E-state index contributed by atoms with van der Waals surface area (Å²) < 4.78 is 36.2. The Morgan fingerprint density at radius 2 is 2.10 bits per heavy atom. The van der Waals surface area contributed by atoms with Crippen molar-refractivity contribution in [3.8, 4) is 5.75 Å². The number of nitrogens with zero attached hydrogens (tertiary/aromatic N) is 3. The first-order chi connectivity index (χ1) is 14.7. The first kappa shape index (κ1) is 20.3. The largest absolute Gasteiger partial charge is 0.480 e. The Morgan fingerprint density at radius 3 is 2.84 bits per heavy atom. The van der Waals surface area contributed by atoms with Crippen LogP contribution in [0, 0.1) is 5.92 Å². The van der Waals surface area contributed by atoms with E-state index < -0.39 is 24.1 Å².